The molecule has 24 nitrogen and oxygen atoms in total. The molecule has 4 aromatic carbocycles. The van der Waals surface area contributed by atoms with Crippen molar-refractivity contribution in [1.29, 1.82) is 0 Å². The smallest absolute Gasteiger partial charge is 0.258 e. The molecule has 0 N–H and O–H groups in total. The van der Waals surface area contributed by atoms with Crippen LogP contribution in [-0.4, -0.2) is 182 Å². The molecule has 7 saturated carbocycles. The van der Waals surface area contributed by atoms with E-state index in [-0.39, 0.29) is 22.2 Å². The third kappa shape index (κ3) is 20.8. The van der Waals surface area contributed by atoms with Gasteiger partial charge in [-0.1, -0.05) is 38.5 Å². The van der Waals surface area contributed by atoms with Crippen molar-refractivity contribution in [1.82, 2.24) is 77.0 Å². The molecule has 7 aliphatic carbocycles. The van der Waals surface area contributed by atoms with Gasteiger partial charge in [0.1, 0.15) is 23.0 Å². The van der Waals surface area contributed by atoms with Gasteiger partial charge < -0.3 is 38.5 Å². The Hall–Kier alpha value is -10.4. The van der Waals surface area contributed by atoms with E-state index in [1.165, 1.54) is 219 Å². The molecule has 12 heterocycles. The zero-order chi connectivity index (χ0) is 84.4. The van der Waals surface area contributed by atoms with Gasteiger partial charge >= 0.3 is 0 Å². The second-order valence-electron chi connectivity index (χ2n) is 38.0. The average Bonchev–Trinajstić information content (AvgIpc) is 1.65. The van der Waals surface area contributed by atoms with E-state index < -0.39 is 0 Å². The Kier molecular flexibility index (Phi) is 26.4. The second-order valence-corrected chi connectivity index (χ2v) is 38.0. The molecule has 658 valence electrons. The first-order chi connectivity index (χ1) is 61.4. The lowest BCUT2D eigenvalue weighted by atomic mass is 9.50. The summed E-state index contributed by atoms with van der Waals surface area (Å²) in [5.41, 5.74) is 7.99. The van der Waals surface area contributed by atoms with E-state index in [1.54, 1.807) is 48.7 Å². The first kappa shape index (κ1) is 84.1. The summed E-state index contributed by atoms with van der Waals surface area (Å²) < 4.78 is 38.9. The van der Waals surface area contributed by atoms with Gasteiger partial charge in [0.25, 0.3) is 22.2 Å². The lowest BCUT2D eigenvalue weighted by molar-refractivity contribution is -0.0745. The van der Waals surface area contributed by atoms with Gasteiger partial charge in [0.05, 0.1) is 99.5 Å². The highest BCUT2D eigenvalue weighted by Crippen LogP contribution is 2.60. The number of hydrogen-bond donors (Lipinski definition) is 0. The second kappa shape index (κ2) is 39.2. The third-order valence-corrected chi connectivity index (χ3v) is 28.8. The largest absolute Gasteiger partial charge is 0.493 e. The van der Waals surface area contributed by atoms with Crippen LogP contribution in [0.25, 0.3) is 66.4 Å². The van der Waals surface area contributed by atoms with Crippen molar-refractivity contribution in [2.24, 2.45) is 40.9 Å². The number of aromatic nitrogens is 12. The van der Waals surface area contributed by atoms with Gasteiger partial charge in [0, 0.05) is 125 Å². The minimum atomic E-state index is -0.0749. The van der Waals surface area contributed by atoms with Crippen LogP contribution in [0.4, 0.5) is 0 Å². The van der Waals surface area contributed by atoms with Gasteiger partial charge in [-0.15, -0.1) is 0 Å². The average molecular weight is 1690 g/mol. The van der Waals surface area contributed by atoms with Crippen LogP contribution in [-0.2, 0) is 26.2 Å². The first-order valence-corrected chi connectivity index (χ1v) is 47.6. The molecule has 24 heteroatoms. The van der Waals surface area contributed by atoms with E-state index in [0.717, 1.165) is 143 Å². The van der Waals surface area contributed by atoms with Crippen LogP contribution in [0, 0.1) is 40.9 Å². The lowest BCUT2D eigenvalue weighted by Crippen LogP contribution is -2.48. The summed E-state index contributed by atoms with van der Waals surface area (Å²) in [6, 6.07) is 38.5. The van der Waals surface area contributed by atoms with E-state index in [9.17, 15) is 19.2 Å². The van der Waals surface area contributed by atoms with Gasteiger partial charge in [0.15, 0.2) is 0 Å². The summed E-state index contributed by atoms with van der Waals surface area (Å²) in [5.74, 6) is 7.37. The number of ether oxygens (including phenoxy) is 4. The molecule has 125 heavy (non-hydrogen) atoms. The highest BCUT2D eigenvalue weighted by atomic mass is 16.5. The lowest BCUT2D eigenvalue weighted by Gasteiger charge is -2.56. The molecule has 8 aromatic heterocycles. The number of benzene rings is 4. The van der Waals surface area contributed by atoms with Crippen molar-refractivity contribution >= 4 is 43.6 Å². The van der Waals surface area contributed by atoms with Crippen molar-refractivity contribution in [3.8, 4) is 45.7 Å². The predicted molar refractivity (Wildman–Crippen MR) is 492 cm³/mol. The molecule has 4 saturated heterocycles. The summed E-state index contributed by atoms with van der Waals surface area (Å²) >= 11 is 0. The Balaban J connectivity index is 0.000000109. The van der Waals surface area contributed by atoms with Crippen LogP contribution in [0.3, 0.4) is 0 Å². The van der Waals surface area contributed by atoms with E-state index in [2.05, 4.69) is 89.1 Å². The van der Waals surface area contributed by atoms with E-state index in [0.29, 0.717) is 66.0 Å². The van der Waals surface area contributed by atoms with Crippen LogP contribution < -0.4 is 41.2 Å². The van der Waals surface area contributed by atoms with Gasteiger partial charge in [0.2, 0.25) is 0 Å². The van der Waals surface area contributed by atoms with Crippen LogP contribution in [0.15, 0.2) is 190 Å². The Morgan fingerprint density at radius 3 is 0.824 bits per heavy atom. The maximum atomic E-state index is 13.0. The van der Waals surface area contributed by atoms with Crippen LogP contribution in [0.1, 0.15) is 167 Å². The van der Waals surface area contributed by atoms with Crippen LogP contribution >= 0.6 is 0 Å². The molecule has 4 aliphatic heterocycles. The van der Waals surface area contributed by atoms with Crippen molar-refractivity contribution in [2.75, 3.05) is 105 Å². The Morgan fingerprint density at radius 2 is 0.552 bits per heavy atom. The maximum Gasteiger partial charge on any atom is 0.258 e. The summed E-state index contributed by atoms with van der Waals surface area (Å²) in [6.45, 7) is 20.3. The zero-order valence-electron chi connectivity index (χ0n) is 73.1. The summed E-state index contributed by atoms with van der Waals surface area (Å²) in [7, 11) is 0. The molecule has 0 radical (unpaired) electrons. The van der Waals surface area contributed by atoms with Gasteiger partial charge in [-0.25, -0.2) is 0 Å². The van der Waals surface area contributed by atoms with E-state index in [1.807, 2.05) is 110 Å². The maximum absolute atomic E-state index is 13.0. The fourth-order valence-corrected chi connectivity index (χ4v) is 22.0. The Labute approximate surface area is 732 Å². The van der Waals surface area contributed by atoms with E-state index in [4.69, 9.17) is 18.9 Å². The highest BCUT2D eigenvalue weighted by Gasteiger charge is 2.51. The number of hydrogen-bond acceptors (Lipinski definition) is 16. The molecule has 0 amide bonds. The molecular weight excluding hydrogens is 1570 g/mol. The zero-order valence-corrected chi connectivity index (χ0v) is 73.1. The molecule has 4 bridgehead atoms. The van der Waals surface area contributed by atoms with Crippen LogP contribution in [0.2, 0.25) is 0 Å². The highest BCUT2D eigenvalue weighted by molar-refractivity contribution is 5.83. The van der Waals surface area contributed by atoms with Crippen molar-refractivity contribution in [3.05, 3.63) is 212 Å². The third-order valence-electron chi connectivity index (χ3n) is 28.8. The monoisotopic (exact) mass is 1690 g/mol. The Morgan fingerprint density at radius 1 is 0.288 bits per heavy atom. The number of pyridine rings is 4. The molecule has 12 aromatic rings. The summed E-state index contributed by atoms with van der Waals surface area (Å²) in [4.78, 5) is 61.0. The number of likely N-dealkylation sites (tertiary alicyclic amines) is 4. The summed E-state index contributed by atoms with van der Waals surface area (Å²) in [5, 5.41) is 22.6. The number of rotatable bonds is 28. The van der Waals surface area contributed by atoms with Gasteiger partial charge in [-0.3, -0.25) is 56.2 Å². The van der Waals surface area contributed by atoms with Gasteiger partial charge in [-0.05, 0) is 313 Å². The summed E-state index contributed by atoms with van der Waals surface area (Å²) in [6.07, 6.45) is 49.0. The minimum Gasteiger partial charge on any atom is -0.493 e. The quantitative estimate of drug-likeness (QED) is 0.0418. The van der Waals surface area contributed by atoms with Gasteiger partial charge in [-0.2, -0.15) is 20.4 Å². The topological polar surface area (TPSA) is 209 Å². The molecule has 0 atom stereocenters. The predicted octanol–water partition coefficient (Wildman–Crippen LogP) is 16.4. The fourth-order valence-electron chi connectivity index (χ4n) is 22.0. The van der Waals surface area contributed by atoms with Crippen molar-refractivity contribution in [3.63, 3.8) is 0 Å². The molecular formula is C101H126N16O8. The molecule has 0 spiro atoms. The molecule has 23 rings (SSSR count). The molecule has 0 unspecified atom stereocenters. The number of fused-ring (bicyclic) bond motifs is 4. The first-order valence-electron chi connectivity index (χ1n) is 47.6. The Bertz CT molecular complexity index is 5850. The van der Waals surface area contributed by atoms with Crippen molar-refractivity contribution < 1.29 is 18.9 Å². The fraction of sp³-hybridized carbons (Fsp3) is 0.525. The SMILES string of the molecule is O=c1cc(OCC23CC4CC(CC(C4)C2)C3)ccn1-c1ccc2c(cnn2CCN2CCCC2)c1.O=c1cc(OCC2CC2)ccn1-c1ccc2c(cnn2CCN2CCCC2)c1.O=c1cc(OCC2CCCC2)ccn1-c1ccc2c(cnn2CCN2CCCC2)c1.O=c1cc(OCC2CCCCCC2)ccn1-c1ccc2c(cnn2CCN2CCCC2)c1. The normalized spacial score (nSPS) is 21.2. The number of nitrogens with zero attached hydrogens (tertiary/aromatic N) is 16. The minimum absolute atomic E-state index is 0.0474. The van der Waals surface area contributed by atoms with Crippen molar-refractivity contribution in [2.45, 2.75) is 193 Å². The van der Waals surface area contributed by atoms with E-state index >= 15 is 0 Å². The standard InChI is InChI=1S/C29H36N4O2.C26H34N4O2.C24H30N4O2.C22H26N4O2/c34-28-15-26(35-20-29-16-21-11-22(17-29)13-23(12-21)18-29)5-8-32(28)25-3-4-27-24(14-25)19-30-33(27)10-9-31-6-1-2-7-31;31-26-18-24(32-20-21-7-3-1-2-4-8-21)11-14-29(26)23-9-10-25-22(17-23)19-27-30(25)16-15-28-12-5-6-13-28;29-24-16-22(30-18-19-5-1-2-6-19)9-12-27(24)21-7-8-23-20(15-21)17-25-28(23)14-13-26-10-3-4-11-26;27-22-14-20(28-16-17-3-4-17)7-10-25(22)19-5-6-21-18(13-19)15-23-26(21)12-11-24-8-1-2-9-24/h3-5,8,14-15,19,21-23H,1-2,6-7,9-13,16-18,20H2;9-11,14,17-19,21H,1-8,12-13,15-16,20H2;7-9,12,15-17,19H,1-6,10-11,13-14,18H2;5-7,10,13-15,17H,1-4,8-9,11-12,16H2. The van der Waals surface area contributed by atoms with Crippen LogP contribution in [0.5, 0.6) is 23.0 Å². The molecule has 11 fully saturated rings. The molecule has 11 aliphatic rings.